The van der Waals surface area contributed by atoms with Crippen molar-refractivity contribution in [3.8, 4) is 6.07 Å². The maximum Gasteiger partial charge on any atom is 0.129 e. The topological polar surface area (TPSA) is 36.7 Å². The molecule has 0 saturated carbocycles. The third-order valence-electron chi connectivity index (χ3n) is 2.44. The van der Waals surface area contributed by atoms with Crippen LogP contribution in [0.25, 0.3) is 0 Å². The summed E-state index contributed by atoms with van der Waals surface area (Å²) >= 11 is 5.77. The molecule has 0 bridgehead atoms. The summed E-state index contributed by atoms with van der Waals surface area (Å²) in [4.78, 5) is 3.90. The quantitative estimate of drug-likeness (QED) is 0.716. The summed E-state index contributed by atoms with van der Waals surface area (Å²) in [5.41, 5.74) is 0.765. The van der Waals surface area contributed by atoms with Gasteiger partial charge in [-0.1, -0.05) is 18.5 Å². The minimum absolute atomic E-state index is 0.301. The molecule has 0 N–H and O–H groups in total. The molecule has 2 nitrogen and oxygen atoms in total. The molecule has 3 heteroatoms. The second-order valence-electron chi connectivity index (χ2n) is 3.69. The van der Waals surface area contributed by atoms with Crippen LogP contribution in [0.15, 0.2) is 18.3 Å². The highest BCUT2D eigenvalue weighted by molar-refractivity contribution is 6.29. The van der Waals surface area contributed by atoms with Gasteiger partial charge in [-0.2, -0.15) is 5.26 Å². The largest absolute Gasteiger partial charge is 0.245 e. The van der Waals surface area contributed by atoms with E-state index in [9.17, 15) is 0 Å². The number of nitrogens with zero attached hydrogens (tertiary/aromatic N) is 2. The Morgan fingerprint density at radius 1 is 1.64 bits per heavy atom. The zero-order valence-electron chi connectivity index (χ0n) is 8.42. The molecule has 1 heterocycles. The molecule has 0 fully saturated rings. The molecule has 1 unspecified atom stereocenters. The van der Waals surface area contributed by atoms with Gasteiger partial charge in [0.1, 0.15) is 5.15 Å². The van der Waals surface area contributed by atoms with Crippen molar-refractivity contribution in [2.75, 3.05) is 0 Å². The number of halogens is 1. The first-order chi connectivity index (χ1) is 6.59. The summed E-state index contributed by atoms with van der Waals surface area (Å²) in [7, 11) is 0. The van der Waals surface area contributed by atoms with Crippen LogP contribution in [0.4, 0.5) is 0 Å². The molecule has 0 aliphatic heterocycles. The number of nitriles is 1. The van der Waals surface area contributed by atoms with Crippen molar-refractivity contribution in [1.82, 2.24) is 4.98 Å². The average Bonchev–Trinajstić information content (AvgIpc) is 2.18. The first kappa shape index (κ1) is 11.0. The SMILES string of the molecule is CCC(C)(C#N)Cc1ccnc(Cl)c1. The van der Waals surface area contributed by atoms with E-state index in [-0.39, 0.29) is 5.41 Å². The second kappa shape index (κ2) is 4.43. The van der Waals surface area contributed by atoms with Crippen molar-refractivity contribution < 1.29 is 0 Å². The normalized spacial score (nSPS) is 14.4. The molecule has 14 heavy (non-hydrogen) atoms. The Labute approximate surface area is 89.5 Å². The maximum absolute atomic E-state index is 9.02. The summed E-state index contributed by atoms with van der Waals surface area (Å²) in [6.07, 6.45) is 3.23. The van der Waals surface area contributed by atoms with Gasteiger partial charge in [-0.15, -0.1) is 0 Å². The van der Waals surface area contributed by atoms with Crippen molar-refractivity contribution >= 4 is 11.6 Å². The van der Waals surface area contributed by atoms with Crippen LogP contribution in [0, 0.1) is 16.7 Å². The molecular weight excluding hydrogens is 196 g/mol. The zero-order valence-corrected chi connectivity index (χ0v) is 9.17. The van der Waals surface area contributed by atoms with Crippen molar-refractivity contribution in [2.24, 2.45) is 5.41 Å². The number of rotatable bonds is 3. The molecule has 0 aromatic carbocycles. The molecule has 1 rings (SSSR count). The van der Waals surface area contributed by atoms with Gasteiger partial charge in [0.25, 0.3) is 0 Å². The van der Waals surface area contributed by atoms with Crippen molar-refractivity contribution in [3.63, 3.8) is 0 Å². The maximum atomic E-state index is 9.02. The van der Waals surface area contributed by atoms with Gasteiger partial charge in [0.2, 0.25) is 0 Å². The van der Waals surface area contributed by atoms with Gasteiger partial charge in [-0.05, 0) is 37.5 Å². The molecule has 74 valence electrons. The fourth-order valence-corrected chi connectivity index (χ4v) is 1.44. The lowest BCUT2D eigenvalue weighted by Crippen LogP contribution is -2.15. The van der Waals surface area contributed by atoms with Crippen molar-refractivity contribution in [1.29, 1.82) is 5.26 Å². The predicted octanol–water partition coefficient (Wildman–Crippen LogP) is 3.22. The Kier molecular flexibility index (Phi) is 3.49. The fourth-order valence-electron chi connectivity index (χ4n) is 1.25. The van der Waals surface area contributed by atoms with Gasteiger partial charge < -0.3 is 0 Å². The van der Waals surface area contributed by atoms with Gasteiger partial charge in [0, 0.05) is 6.20 Å². The lowest BCUT2D eigenvalue weighted by atomic mass is 9.83. The van der Waals surface area contributed by atoms with E-state index in [4.69, 9.17) is 16.9 Å². The smallest absolute Gasteiger partial charge is 0.129 e. The van der Waals surface area contributed by atoms with Crippen LogP contribution in [0.2, 0.25) is 5.15 Å². The van der Waals surface area contributed by atoms with Gasteiger partial charge in [0.05, 0.1) is 11.5 Å². The first-order valence-corrected chi connectivity index (χ1v) is 4.99. The van der Waals surface area contributed by atoms with Gasteiger partial charge in [-0.3, -0.25) is 0 Å². The molecule has 0 radical (unpaired) electrons. The third kappa shape index (κ3) is 2.71. The van der Waals surface area contributed by atoms with E-state index in [2.05, 4.69) is 11.1 Å². The van der Waals surface area contributed by atoms with Crippen LogP contribution in [0.1, 0.15) is 25.8 Å². The van der Waals surface area contributed by atoms with Crippen LogP contribution in [0.3, 0.4) is 0 Å². The summed E-state index contributed by atoms with van der Waals surface area (Å²) in [5.74, 6) is 0. The Balaban J connectivity index is 2.84. The van der Waals surface area contributed by atoms with E-state index in [1.807, 2.05) is 26.0 Å². The highest BCUT2D eigenvalue weighted by Crippen LogP contribution is 2.25. The molecular formula is C11H13ClN2. The number of aromatic nitrogens is 1. The number of pyridine rings is 1. The Morgan fingerprint density at radius 2 is 2.36 bits per heavy atom. The molecule has 0 saturated heterocycles. The van der Waals surface area contributed by atoms with Crippen LogP contribution in [-0.2, 0) is 6.42 Å². The van der Waals surface area contributed by atoms with E-state index in [1.165, 1.54) is 0 Å². The summed E-state index contributed by atoms with van der Waals surface area (Å²) < 4.78 is 0. The summed E-state index contributed by atoms with van der Waals surface area (Å²) in [5, 5.41) is 9.50. The Bertz CT molecular complexity index is 357. The molecule has 0 aliphatic carbocycles. The van der Waals surface area contributed by atoms with E-state index in [1.54, 1.807) is 6.20 Å². The van der Waals surface area contributed by atoms with Gasteiger partial charge in [0.15, 0.2) is 0 Å². The second-order valence-corrected chi connectivity index (χ2v) is 4.08. The third-order valence-corrected chi connectivity index (χ3v) is 2.64. The Morgan fingerprint density at radius 3 is 2.86 bits per heavy atom. The van der Waals surface area contributed by atoms with E-state index >= 15 is 0 Å². The molecule has 1 aromatic heterocycles. The highest BCUT2D eigenvalue weighted by Gasteiger charge is 2.21. The average molecular weight is 209 g/mol. The predicted molar refractivity (Wildman–Crippen MR) is 57.0 cm³/mol. The van der Waals surface area contributed by atoms with Crippen LogP contribution in [-0.4, -0.2) is 4.98 Å². The minimum Gasteiger partial charge on any atom is -0.245 e. The van der Waals surface area contributed by atoms with E-state index in [0.29, 0.717) is 5.15 Å². The molecule has 0 spiro atoms. The fraction of sp³-hybridized carbons (Fsp3) is 0.455. The van der Waals surface area contributed by atoms with Crippen LogP contribution in [0.5, 0.6) is 0 Å². The van der Waals surface area contributed by atoms with Crippen molar-refractivity contribution in [2.45, 2.75) is 26.7 Å². The zero-order chi connectivity index (χ0) is 10.6. The summed E-state index contributed by atoms with van der Waals surface area (Å²) in [6.45, 7) is 3.98. The van der Waals surface area contributed by atoms with Crippen LogP contribution < -0.4 is 0 Å². The molecule has 0 amide bonds. The van der Waals surface area contributed by atoms with E-state index < -0.39 is 0 Å². The monoisotopic (exact) mass is 208 g/mol. The molecule has 0 aliphatic rings. The molecule has 1 atom stereocenters. The molecule has 1 aromatic rings. The standard InChI is InChI=1S/C11H13ClN2/c1-3-11(2,8-13)7-9-4-5-14-10(12)6-9/h4-6H,3,7H2,1-2H3. The highest BCUT2D eigenvalue weighted by atomic mass is 35.5. The van der Waals surface area contributed by atoms with Gasteiger partial charge in [-0.25, -0.2) is 4.98 Å². The Hall–Kier alpha value is -1.07. The lowest BCUT2D eigenvalue weighted by molar-refractivity contribution is 0.422. The lowest BCUT2D eigenvalue weighted by Gasteiger charge is -2.18. The minimum atomic E-state index is -0.301. The van der Waals surface area contributed by atoms with Crippen LogP contribution >= 0.6 is 11.6 Å². The van der Waals surface area contributed by atoms with Gasteiger partial charge >= 0.3 is 0 Å². The first-order valence-electron chi connectivity index (χ1n) is 4.61. The number of hydrogen-bond acceptors (Lipinski definition) is 2. The summed E-state index contributed by atoms with van der Waals surface area (Å²) in [6, 6.07) is 6.04. The van der Waals surface area contributed by atoms with Crippen molar-refractivity contribution in [3.05, 3.63) is 29.0 Å². The van der Waals surface area contributed by atoms with E-state index in [0.717, 1.165) is 18.4 Å². The number of hydrogen-bond donors (Lipinski definition) is 0.